The minimum Gasteiger partial charge on any atom is -0.238 e. The van der Waals surface area contributed by atoms with Crippen LogP contribution >= 0.6 is 0 Å². The molecule has 0 unspecified atom stereocenters. The molecule has 0 saturated carbocycles. The fraction of sp³-hybridized carbons (Fsp3) is 0.182. The third-order valence-electron chi connectivity index (χ3n) is 1.73. The van der Waals surface area contributed by atoms with E-state index in [4.69, 9.17) is 6.57 Å². The summed E-state index contributed by atoms with van der Waals surface area (Å²) in [5.74, 6) is 0. The van der Waals surface area contributed by atoms with Crippen molar-refractivity contribution in [3.8, 4) is 0 Å². The van der Waals surface area contributed by atoms with E-state index in [9.17, 15) is 0 Å². The highest BCUT2D eigenvalue weighted by atomic mass is 14.6. The molecule has 0 atom stereocenters. The third kappa shape index (κ3) is 1.96. The molecule has 0 aliphatic heterocycles. The lowest BCUT2D eigenvalue weighted by atomic mass is 10.1. The predicted molar refractivity (Wildman–Crippen MR) is 51.2 cm³/mol. The maximum Gasteiger partial charge on any atom is 0.190 e. The van der Waals surface area contributed by atoms with Crippen molar-refractivity contribution in [1.29, 1.82) is 0 Å². The lowest BCUT2D eigenvalue weighted by molar-refractivity contribution is 1.01. The number of para-hydroxylation sites is 1. The number of allylic oxidation sites excluding steroid dienone is 1. The predicted octanol–water partition coefficient (Wildman–Crippen LogP) is 3.36. The van der Waals surface area contributed by atoms with Gasteiger partial charge in [-0.05, 0) is 18.4 Å². The number of hydrogen-bond acceptors (Lipinski definition) is 0. The van der Waals surface area contributed by atoms with Crippen molar-refractivity contribution in [2.75, 3.05) is 0 Å². The summed E-state index contributed by atoms with van der Waals surface area (Å²) in [7, 11) is 0. The molecule has 0 N–H and O–H groups in total. The zero-order valence-electron chi connectivity index (χ0n) is 6.96. The highest BCUT2D eigenvalue weighted by molar-refractivity contribution is 5.51. The molecule has 1 nitrogen and oxygen atoms in total. The van der Waals surface area contributed by atoms with Gasteiger partial charge < -0.3 is 0 Å². The Morgan fingerprint density at radius 1 is 1.42 bits per heavy atom. The Labute approximate surface area is 73.2 Å². The quantitative estimate of drug-likeness (QED) is 0.468. The van der Waals surface area contributed by atoms with Crippen LogP contribution in [0.1, 0.15) is 12.0 Å². The maximum absolute atomic E-state index is 6.92. The Bertz CT molecular complexity index is 307. The Kier molecular flexibility index (Phi) is 3.10. The van der Waals surface area contributed by atoms with Crippen LogP contribution in [0.25, 0.3) is 4.85 Å². The molecule has 0 aromatic heterocycles. The van der Waals surface area contributed by atoms with Gasteiger partial charge in [-0.1, -0.05) is 30.3 Å². The van der Waals surface area contributed by atoms with Crippen molar-refractivity contribution in [2.24, 2.45) is 0 Å². The molecule has 12 heavy (non-hydrogen) atoms. The lowest BCUT2D eigenvalue weighted by Crippen LogP contribution is -1.82. The molecular weight excluding hydrogens is 146 g/mol. The zero-order valence-corrected chi connectivity index (χ0v) is 6.96. The summed E-state index contributed by atoms with van der Waals surface area (Å²) in [6.45, 7) is 10.6. The first kappa shape index (κ1) is 8.55. The average molecular weight is 157 g/mol. The van der Waals surface area contributed by atoms with Crippen molar-refractivity contribution in [3.05, 3.63) is 53.9 Å². The summed E-state index contributed by atoms with van der Waals surface area (Å²) >= 11 is 0. The highest BCUT2D eigenvalue weighted by Gasteiger charge is 1.97. The molecule has 0 saturated heterocycles. The van der Waals surface area contributed by atoms with Gasteiger partial charge in [0, 0.05) is 0 Å². The van der Waals surface area contributed by atoms with Crippen LogP contribution in [0.4, 0.5) is 5.69 Å². The largest absolute Gasteiger partial charge is 0.238 e. The first-order valence-electron chi connectivity index (χ1n) is 3.94. The van der Waals surface area contributed by atoms with E-state index in [0.29, 0.717) is 0 Å². The summed E-state index contributed by atoms with van der Waals surface area (Å²) in [6, 6.07) is 7.71. The van der Waals surface area contributed by atoms with E-state index in [-0.39, 0.29) is 0 Å². The van der Waals surface area contributed by atoms with Crippen molar-refractivity contribution < 1.29 is 0 Å². The Morgan fingerprint density at radius 3 is 2.83 bits per heavy atom. The normalized spacial score (nSPS) is 8.92. The molecule has 0 heterocycles. The Morgan fingerprint density at radius 2 is 2.17 bits per heavy atom. The van der Waals surface area contributed by atoms with Gasteiger partial charge in [-0.15, -0.1) is 6.58 Å². The molecule has 0 aliphatic carbocycles. The fourth-order valence-electron chi connectivity index (χ4n) is 1.09. The van der Waals surface area contributed by atoms with Gasteiger partial charge in [-0.2, -0.15) is 0 Å². The summed E-state index contributed by atoms with van der Waals surface area (Å²) in [6.07, 6.45) is 3.73. The summed E-state index contributed by atoms with van der Waals surface area (Å²) in [5, 5.41) is 0. The topological polar surface area (TPSA) is 4.36 Å². The second-order valence-corrected chi connectivity index (χ2v) is 2.57. The minimum absolute atomic E-state index is 0.763. The SMILES string of the molecule is [C-]#[N+]c1ccccc1CCC=C. The van der Waals surface area contributed by atoms with Crippen molar-refractivity contribution in [1.82, 2.24) is 0 Å². The van der Waals surface area contributed by atoms with Gasteiger partial charge in [0.15, 0.2) is 5.69 Å². The second-order valence-electron chi connectivity index (χ2n) is 2.57. The van der Waals surface area contributed by atoms with Crippen LogP contribution < -0.4 is 0 Å². The van der Waals surface area contributed by atoms with Crippen LogP contribution in [0.2, 0.25) is 0 Å². The molecule has 0 fully saturated rings. The van der Waals surface area contributed by atoms with Gasteiger partial charge in [-0.3, -0.25) is 0 Å². The van der Waals surface area contributed by atoms with Crippen molar-refractivity contribution in [2.45, 2.75) is 12.8 Å². The highest BCUT2D eigenvalue weighted by Crippen LogP contribution is 2.19. The molecule has 1 heteroatoms. The monoisotopic (exact) mass is 157 g/mol. The first-order valence-corrected chi connectivity index (χ1v) is 3.94. The molecule has 1 rings (SSSR count). The van der Waals surface area contributed by atoms with Gasteiger partial charge in [0.1, 0.15) is 0 Å². The number of rotatable bonds is 3. The van der Waals surface area contributed by atoms with E-state index in [0.717, 1.165) is 24.1 Å². The molecule has 1 aromatic rings. The van der Waals surface area contributed by atoms with Crippen LogP contribution in [0.15, 0.2) is 36.9 Å². The van der Waals surface area contributed by atoms with Crippen LogP contribution in [0.3, 0.4) is 0 Å². The molecule has 0 spiro atoms. The van der Waals surface area contributed by atoms with Gasteiger partial charge in [0.25, 0.3) is 0 Å². The standard InChI is InChI=1S/C11H11N/c1-3-4-7-10-8-5-6-9-11(10)12-2/h3,5-6,8-9H,1,4,7H2. The number of nitrogens with zero attached hydrogens (tertiary/aromatic N) is 1. The van der Waals surface area contributed by atoms with E-state index < -0.39 is 0 Å². The molecule has 0 amide bonds. The minimum atomic E-state index is 0.763. The lowest BCUT2D eigenvalue weighted by Gasteiger charge is -1.99. The maximum atomic E-state index is 6.92. The zero-order chi connectivity index (χ0) is 8.81. The van der Waals surface area contributed by atoms with Crippen LogP contribution in [-0.2, 0) is 6.42 Å². The van der Waals surface area contributed by atoms with E-state index in [1.165, 1.54) is 0 Å². The Balaban J connectivity index is 2.83. The van der Waals surface area contributed by atoms with Gasteiger partial charge in [-0.25, -0.2) is 4.85 Å². The van der Waals surface area contributed by atoms with Crippen molar-refractivity contribution >= 4 is 5.69 Å². The third-order valence-corrected chi connectivity index (χ3v) is 1.73. The smallest absolute Gasteiger partial charge is 0.190 e. The summed E-state index contributed by atoms with van der Waals surface area (Å²) < 4.78 is 0. The van der Waals surface area contributed by atoms with Crippen LogP contribution in [0, 0.1) is 6.57 Å². The van der Waals surface area contributed by atoms with Gasteiger partial charge in [0.05, 0.1) is 6.57 Å². The van der Waals surface area contributed by atoms with Crippen LogP contribution in [0.5, 0.6) is 0 Å². The summed E-state index contributed by atoms with van der Waals surface area (Å²) in [4.78, 5) is 3.44. The van der Waals surface area contributed by atoms with Gasteiger partial charge >= 0.3 is 0 Å². The molecule has 1 aromatic carbocycles. The van der Waals surface area contributed by atoms with Crippen LogP contribution in [-0.4, -0.2) is 0 Å². The average Bonchev–Trinajstić information content (AvgIpc) is 2.15. The van der Waals surface area contributed by atoms with E-state index in [1.807, 2.05) is 30.3 Å². The molecule has 0 bridgehead atoms. The number of aryl methyl sites for hydroxylation is 1. The molecular formula is C11H11N. The first-order chi connectivity index (χ1) is 5.88. The fourth-order valence-corrected chi connectivity index (χ4v) is 1.09. The van der Waals surface area contributed by atoms with Gasteiger partial charge in [0.2, 0.25) is 0 Å². The summed E-state index contributed by atoms with van der Waals surface area (Å²) in [5.41, 5.74) is 1.88. The second kappa shape index (κ2) is 4.35. The number of benzene rings is 1. The van der Waals surface area contributed by atoms with E-state index in [2.05, 4.69) is 11.4 Å². The van der Waals surface area contributed by atoms with Crippen molar-refractivity contribution in [3.63, 3.8) is 0 Å². The van der Waals surface area contributed by atoms with E-state index in [1.54, 1.807) is 0 Å². The number of hydrogen-bond donors (Lipinski definition) is 0. The Hall–Kier alpha value is -1.55. The molecule has 0 aliphatic rings. The molecule has 0 radical (unpaired) electrons. The molecule has 60 valence electrons. The van der Waals surface area contributed by atoms with E-state index >= 15 is 0 Å².